The lowest BCUT2D eigenvalue weighted by atomic mass is 10.5. The summed E-state index contributed by atoms with van der Waals surface area (Å²) in [6.07, 6.45) is 1.28. The number of aryl methyl sites for hydroxylation is 2. The van der Waals surface area contributed by atoms with E-state index < -0.39 is 5.56 Å². The minimum absolute atomic E-state index is 0.00509. The topological polar surface area (TPSA) is 76.5 Å². The van der Waals surface area contributed by atoms with E-state index in [4.69, 9.17) is 11.6 Å². The molecule has 0 saturated heterocycles. The van der Waals surface area contributed by atoms with Crippen LogP contribution in [-0.2, 0) is 0 Å². The fraction of sp³-hybridized carbons (Fsp3) is 0.250. The van der Waals surface area contributed by atoms with Gasteiger partial charge in [-0.3, -0.25) is 4.79 Å². The average molecular weight is 226 g/mol. The molecule has 0 amide bonds. The quantitative estimate of drug-likeness (QED) is 0.772. The first-order valence-electron chi connectivity index (χ1n) is 4.23. The van der Waals surface area contributed by atoms with E-state index in [9.17, 15) is 4.79 Å². The second-order valence-corrected chi connectivity index (χ2v) is 3.37. The summed E-state index contributed by atoms with van der Waals surface area (Å²) >= 11 is 5.81. The third-order valence-electron chi connectivity index (χ3n) is 1.85. The maximum Gasteiger partial charge on any atom is 0.271 e. The van der Waals surface area contributed by atoms with E-state index >= 15 is 0 Å². The summed E-state index contributed by atoms with van der Waals surface area (Å²) in [6, 6.07) is 0. The van der Waals surface area contributed by atoms with Crippen molar-refractivity contribution in [2.24, 2.45) is 0 Å². The van der Waals surface area contributed by atoms with Crippen LogP contribution in [0, 0.1) is 13.8 Å². The number of nitrogens with zero attached hydrogens (tertiary/aromatic N) is 4. The smallest absolute Gasteiger partial charge is 0.271 e. The van der Waals surface area contributed by atoms with E-state index in [1.165, 1.54) is 11.0 Å². The molecule has 0 unspecified atom stereocenters. The van der Waals surface area contributed by atoms with E-state index in [0.29, 0.717) is 17.5 Å². The van der Waals surface area contributed by atoms with Gasteiger partial charge in [-0.1, -0.05) is 11.6 Å². The van der Waals surface area contributed by atoms with Gasteiger partial charge in [0.05, 0.1) is 6.33 Å². The van der Waals surface area contributed by atoms with Gasteiger partial charge in [0.2, 0.25) is 0 Å². The van der Waals surface area contributed by atoms with Crippen LogP contribution in [-0.4, -0.2) is 24.7 Å². The van der Waals surface area contributed by atoms with E-state index in [1.54, 1.807) is 13.8 Å². The number of aromatic amines is 1. The normalized spacial score (nSPS) is 10.6. The first-order chi connectivity index (χ1) is 7.09. The van der Waals surface area contributed by atoms with Crippen LogP contribution in [0.1, 0.15) is 11.6 Å². The molecule has 15 heavy (non-hydrogen) atoms. The molecule has 2 heterocycles. The Morgan fingerprint density at radius 1 is 1.47 bits per heavy atom. The molecule has 0 radical (unpaired) electrons. The number of hydrogen-bond acceptors (Lipinski definition) is 4. The summed E-state index contributed by atoms with van der Waals surface area (Å²) in [5, 5.41) is 4.09. The highest BCUT2D eigenvalue weighted by molar-refractivity contribution is 6.31. The zero-order chi connectivity index (χ0) is 11.0. The van der Waals surface area contributed by atoms with Crippen molar-refractivity contribution in [3.63, 3.8) is 0 Å². The Balaban J connectivity index is 2.69. The molecule has 0 saturated carbocycles. The number of hydrogen-bond donors (Lipinski definition) is 1. The van der Waals surface area contributed by atoms with Crippen molar-refractivity contribution in [2.75, 3.05) is 0 Å². The lowest BCUT2D eigenvalue weighted by molar-refractivity contribution is 0.795. The van der Waals surface area contributed by atoms with Crippen LogP contribution in [0.15, 0.2) is 11.1 Å². The predicted octanol–water partition coefficient (Wildman–Crippen LogP) is 0.621. The van der Waals surface area contributed by atoms with Crippen molar-refractivity contribution in [3.8, 4) is 5.82 Å². The summed E-state index contributed by atoms with van der Waals surface area (Å²) in [4.78, 5) is 21.7. The van der Waals surface area contributed by atoms with E-state index in [1.807, 2.05) is 0 Å². The molecule has 0 fully saturated rings. The molecule has 0 spiro atoms. The lowest BCUT2D eigenvalue weighted by Gasteiger charge is -2.02. The molecule has 6 nitrogen and oxygen atoms in total. The third kappa shape index (κ3) is 1.63. The number of H-pyrrole nitrogens is 1. The van der Waals surface area contributed by atoms with Crippen LogP contribution in [0.25, 0.3) is 5.82 Å². The summed E-state index contributed by atoms with van der Waals surface area (Å²) in [5.74, 6) is 1.52. The largest absolute Gasteiger partial charge is 0.312 e. The van der Waals surface area contributed by atoms with E-state index in [0.717, 1.165) is 0 Å². The molecule has 78 valence electrons. The summed E-state index contributed by atoms with van der Waals surface area (Å²) in [7, 11) is 0. The first kappa shape index (κ1) is 9.85. The molecule has 2 rings (SSSR count). The standard InChI is InChI=1S/C8H8ClN5O/c1-4-12-5(2)14(13-4)7-6(9)8(15)11-3-10-7/h3H,1-2H3,(H,10,11,15). The summed E-state index contributed by atoms with van der Waals surface area (Å²) in [6.45, 7) is 3.52. The maximum absolute atomic E-state index is 11.2. The molecule has 0 aliphatic carbocycles. The molecule has 1 N–H and O–H groups in total. The average Bonchev–Trinajstić information content (AvgIpc) is 2.50. The van der Waals surface area contributed by atoms with Gasteiger partial charge in [-0.25, -0.2) is 9.97 Å². The Labute approximate surface area is 89.9 Å². The van der Waals surface area contributed by atoms with Gasteiger partial charge in [-0.2, -0.15) is 4.68 Å². The van der Waals surface area contributed by atoms with Gasteiger partial charge >= 0.3 is 0 Å². The fourth-order valence-corrected chi connectivity index (χ4v) is 1.43. The van der Waals surface area contributed by atoms with Gasteiger partial charge in [0.15, 0.2) is 10.8 Å². The van der Waals surface area contributed by atoms with Gasteiger partial charge in [0.25, 0.3) is 5.56 Å². The monoisotopic (exact) mass is 225 g/mol. The first-order valence-corrected chi connectivity index (χ1v) is 4.61. The minimum atomic E-state index is -0.394. The summed E-state index contributed by atoms with van der Waals surface area (Å²) < 4.78 is 1.44. The van der Waals surface area contributed by atoms with Crippen LogP contribution in [0.4, 0.5) is 0 Å². The van der Waals surface area contributed by atoms with Gasteiger partial charge < -0.3 is 4.98 Å². The Hall–Kier alpha value is -1.69. The lowest BCUT2D eigenvalue weighted by Crippen LogP contribution is -2.13. The second-order valence-electron chi connectivity index (χ2n) is 2.99. The molecule has 2 aromatic rings. The fourth-order valence-electron chi connectivity index (χ4n) is 1.24. The molecule has 0 atom stereocenters. The van der Waals surface area contributed by atoms with Crippen LogP contribution in [0.3, 0.4) is 0 Å². The highest BCUT2D eigenvalue weighted by Gasteiger charge is 2.12. The molecule has 0 aliphatic rings. The number of aromatic nitrogens is 5. The zero-order valence-electron chi connectivity index (χ0n) is 8.15. The van der Waals surface area contributed by atoms with E-state index in [2.05, 4.69) is 20.1 Å². The van der Waals surface area contributed by atoms with E-state index in [-0.39, 0.29) is 5.02 Å². The van der Waals surface area contributed by atoms with Gasteiger partial charge in [-0.15, -0.1) is 5.10 Å². The number of nitrogens with one attached hydrogen (secondary N) is 1. The number of rotatable bonds is 1. The molecule has 0 bridgehead atoms. The number of halogens is 1. The van der Waals surface area contributed by atoms with Crippen molar-refractivity contribution < 1.29 is 0 Å². The Bertz CT molecular complexity index is 558. The molecule has 0 aliphatic heterocycles. The van der Waals surface area contributed by atoms with Crippen molar-refractivity contribution in [2.45, 2.75) is 13.8 Å². The molecule has 0 aromatic carbocycles. The minimum Gasteiger partial charge on any atom is -0.312 e. The Morgan fingerprint density at radius 3 is 2.80 bits per heavy atom. The molecular formula is C8H8ClN5O. The predicted molar refractivity (Wildman–Crippen MR) is 54.3 cm³/mol. The van der Waals surface area contributed by atoms with Crippen molar-refractivity contribution >= 4 is 11.6 Å². The Morgan fingerprint density at radius 2 is 2.20 bits per heavy atom. The van der Waals surface area contributed by atoms with Crippen molar-refractivity contribution in [1.29, 1.82) is 0 Å². The second kappa shape index (κ2) is 3.47. The van der Waals surface area contributed by atoms with Crippen LogP contribution < -0.4 is 5.56 Å². The van der Waals surface area contributed by atoms with Crippen LogP contribution in [0.2, 0.25) is 5.02 Å². The molecule has 7 heteroatoms. The third-order valence-corrected chi connectivity index (χ3v) is 2.19. The molecular weight excluding hydrogens is 218 g/mol. The maximum atomic E-state index is 11.2. The van der Waals surface area contributed by atoms with Crippen LogP contribution >= 0.6 is 11.6 Å². The van der Waals surface area contributed by atoms with Crippen molar-refractivity contribution in [1.82, 2.24) is 24.7 Å². The SMILES string of the molecule is Cc1nc(C)n(-c2nc[nH]c(=O)c2Cl)n1. The van der Waals surface area contributed by atoms with Gasteiger partial charge in [0.1, 0.15) is 11.6 Å². The van der Waals surface area contributed by atoms with Crippen molar-refractivity contribution in [3.05, 3.63) is 33.4 Å². The van der Waals surface area contributed by atoms with Gasteiger partial charge in [0, 0.05) is 0 Å². The highest BCUT2D eigenvalue weighted by Crippen LogP contribution is 2.12. The highest BCUT2D eigenvalue weighted by atomic mass is 35.5. The van der Waals surface area contributed by atoms with Crippen LogP contribution in [0.5, 0.6) is 0 Å². The Kier molecular flexibility index (Phi) is 2.28. The molecule has 2 aromatic heterocycles. The van der Waals surface area contributed by atoms with Gasteiger partial charge in [-0.05, 0) is 13.8 Å². The summed E-state index contributed by atoms with van der Waals surface area (Å²) in [5.41, 5.74) is -0.394. The zero-order valence-corrected chi connectivity index (χ0v) is 8.91.